The average molecular weight is 434 g/mol. The summed E-state index contributed by atoms with van der Waals surface area (Å²) in [5.74, 6) is 1.31. The minimum atomic E-state index is -0.0794. The van der Waals surface area contributed by atoms with Gasteiger partial charge in [0.1, 0.15) is 22.9 Å². The van der Waals surface area contributed by atoms with Crippen LogP contribution in [0.2, 0.25) is 0 Å². The molecule has 3 heterocycles. The lowest BCUT2D eigenvalue weighted by atomic mass is 10.3. The third-order valence-electron chi connectivity index (χ3n) is 3.56. The van der Waals surface area contributed by atoms with Gasteiger partial charge in [-0.05, 0) is 30.3 Å². The van der Waals surface area contributed by atoms with Gasteiger partial charge in [0.15, 0.2) is 0 Å². The van der Waals surface area contributed by atoms with E-state index in [1.807, 2.05) is 12.1 Å². The molecule has 0 aliphatic carbocycles. The molecule has 0 saturated heterocycles. The number of halogens is 1. The Kier molecular flexibility index (Phi) is 7.97. The van der Waals surface area contributed by atoms with Gasteiger partial charge in [0.2, 0.25) is 0 Å². The summed E-state index contributed by atoms with van der Waals surface area (Å²) in [5, 5.41) is 8.71. The van der Waals surface area contributed by atoms with E-state index in [0.29, 0.717) is 23.7 Å². The van der Waals surface area contributed by atoms with Gasteiger partial charge in [-0.2, -0.15) is 0 Å². The molecule has 0 aliphatic rings. The van der Waals surface area contributed by atoms with Crippen LogP contribution in [0.5, 0.6) is 11.5 Å². The molecule has 27 heavy (non-hydrogen) atoms. The van der Waals surface area contributed by atoms with Crippen LogP contribution < -0.4 is 15.0 Å². The number of aliphatic hydroxyl groups excluding tert-OH is 1. The molecule has 142 valence electrons. The quantitative estimate of drug-likeness (QED) is 0.665. The van der Waals surface area contributed by atoms with E-state index < -0.39 is 0 Å². The molecule has 0 atom stereocenters. The summed E-state index contributed by atoms with van der Waals surface area (Å²) < 4.78 is 12.5. The maximum atomic E-state index is 11.7. The third kappa shape index (κ3) is 5.90. The maximum absolute atomic E-state index is 11.7. The van der Waals surface area contributed by atoms with Crippen molar-refractivity contribution in [3.63, 3.8) is 0 Å². The van der Waals surface area contributed by atoms with Crippen LogP contribution >= 0.6 is 15.9 Å². The third-order valence-corrected chi connectivity index (χ3v) is 4.06. The lowest BCUT2D eigenvalue weighted by molar-refractivity contribution is 0.268. The Morgan fingerprint density at radius 2 is 1.63 bits per heavy atom. The van der Waals surface area contributed by atoms with Crippen molar-refractivity contribution in [1.82, 2.24) is 14.5 Å². The second-order valence-corrected chi connectivity index (χ2v) is 6.19. The highest BCUT2D eigenvalue weighted by atomic mass is 79.9. The van der Waals surface area contributed by atoms with Crippen molar-refractivity contribution in [2.45, 2.75) is 13.2 Å². The topological polar surface area (TPSA) is 86.5 Å². The molecule has 8 heteroatoms. The van der Waals surface area contributed by atoms with E-state index in [1.54, 1.807) is 55.6 Å². The fourth-order valence-corrected chi connectivity index (χ4v) is 2.55. The van der Waals surface area contributed by atoms with Gasteiger partial charge in [0, 0.05) is 29.1 Å². The summed E-state index contributed by atoms with van der Waals surface area (Å²) in [4.78, 5) is 19.8. The van der Waals surface area contributed by atoms with Gasteiger partial charge < -0.3 is 19.1 Å². The second-order valence-electron chi connectivity index (χ2n) is 5.27. The zero-order valence-corrected chi connectivity index (χ0v) is 16.6. The molecule has 0 fully saturated rings. The van der Waals surface area contributed by atoms with Crippen molar-refractivity contribution in [2.75, 3.05) is 14.2 Å². The lowest BCUT2D eigenvalue weighted by Gasteiger charge is -2.08. The Morgan fingerprint density at radius 1 is 1.04 bits per heavy atom. The Hall–Kier alpha value is -2.71. The van der Waals surface area contributed by atoms with Crippen molar-refractivity contribution in [3.05, 3.63) is 81.2 Å². The van der Waals surface area contributed by atoms with Crippen molar-refractivity contribution in [3.8, 4) is 11.5 Å². The molecule has 7 nitrogen and oxygen atoms in total. The number of methoxy groups -OCH3 is 2. The molecule has 0 amide bonds. The van der Waals surface area contributed by atoms with E-state index in [9.17, 15) is 4.79 Å². The molecule has 1 N–H and O–H groups in total. The second kappa shape index (κ2) is 10.4. The largest absolute Gasteiger partial charge is 0.495 e. The smallest absolute Gasteiger partial charge is 0.252 e. The van der Waals surface area contributed by atoms with Crippen LogP contribution in [0.4, 0.5) is 0 Å². The highest BCUT2D eigenvalue weighted by Gasteiger charge is 2.05. The summed E-state index contributed by atoms with van der Waals surface area (Å²) >= 11 is 3.26. The zero-order valence-electron chi connectivity index (χ0n) is 15.0. The van der Waals surface area contributed by atoms with E-state index in [-0.39, 0.29) is 12.2 Å². The van der Waals surface area contributed by atoms with Crippen molar-refractivity contribution in [1.29, 1.82) is 0 Å². The molecular formula is C19H20BrN3O4. The van der Waals surface area contributed by atoms with Crippen LogP contribution in [0.25, 0.3) is 0 Å². The van der Waals surface area contributed by atoms with Crippen LogP contribution in [-0.2, 0) is 13.2 Å². The molecule has 0 saturated carbocycles. The predicted octanol–water partition coefficient (Wildman–Crippen LogP) is 2.65. The molecule has 0 bridgehead atoms. The molecule has 0 aliphatic heterocycles. The highest BCUT2D eigenvalue weighted by molar-refractivity contribution is 9.10. The molecule has 3 aromatic heterocycles. The molecule has 0 aromatic carbocycles. The summed E-state index contributed by atoms with van der Waals surface area (Å²) in [5.41, 5.74) is 1.23. The molecule has 0 unspecified atom stereocenters. The fraction of sp³-hybridized carbons (Fsp3) is 0.211. The van der Waals surface area contributed by atoms with Gasteiger partial charge in [0.25, 0.3) is 5.56 Å². The molecule has 3 aromatic rings. The maximum Gasteiger partial charge on any atom is 0.252 e. The number of aromatic nitrogens is 3. The van der Waals surface area contributed by atoms with Gasteiger partial charge in [-0.3, -0.25) is 14.8 Å². The van der Waals surface area contributed by atoms with Gasteiger partial charge in [-0.15, -0.1) is 0 Å². The number of ether oxygens (including phenoxy) is 2. The monoisotopic (exact) mass is 433 g/mol. The first-order chi connectivity index (χ1) is 13.1. The minimum absolute atomic E-state index is 0.0768. The van der Waals surface area contributed by atoms with Crippen LogP contribution in [0.3, 0.4) is 0 Å². The number of hydrogen-bond donors (Lipinski definition) is 1. The van der Waals surface area contributed by atoms with E-state index >= 15 is 0 Å². The first-order valence-corrected chi connectivity index (χ1v) is 8.81. The van der Waals surface area contributed by atoms with Gasteiger partial charge in [0.05, 0.1) is 27.4 Å². The zero-order chi connectivity index (χ0) is 19.6. The van der Waals surface area contributed by atoms with Gasteiger partial charge in [-0.25, -0.2) is 0 Å². The normalized spacial score (nSPS) is 9.93. The summed E-state index contributed by atoms with van der Waals surface area (Å²) in [6, 6.07) is 10.5. The Balaban J connectivity index is 0.000000223. The highest BCUT2D eigenvalue weighted by Crippen LogP contribution is 2.15. The van der Waals surface area contributed by atoms with Crippen LogP contribution in [0.15, 0.2) is 64.3 Å². The summed E-state index contributed by atoms with van der Waals surface area (Å²) in [6.07, 6.45) is 5.02. The predicted molar refractivity (Wildman–Crippen MR) is 105 cm³/mol. The van der Waals surface area contributed by atoms with E-state index in [0.717, 1.165) is 10.2 Å². The number of hydrogen-bond acceptors (Lipinski definition) is 6. The SMILES string of the molecule is COc1cccnc1CO.COc1cccnc1Cn1ccc(Br)cc1=O. The Labute approximate surface area is 165 Å². The minimum Gasteiger partial charge on any atom is -0.495 e. The summed E-state index contributed by atoms with van der Waals surface area (Å²) in [6.45, 7) is 0.320. The summed E-state index contributed by atoms with van der Waals surface area (Å²) in [7, 11) is 3.14. The fourth-order valence-electron chi connectivity index (χ4n) is 2.23. The molecular weight excluding hydrogens is 414 g/mol. The van der Waals surface area contributed by atoms with Gasteiger partial charge in [-0.1, -0.05) is 15.9 Å². The Morgan fingerprint density at radius 3 is 2.15 bits per heavy atom. The van der Waals surface area contributed by atoms with Crippen molar-refractivity contribution >= 4 is 15.9 Å². The van der Waals surface area contributed by atoms with Gasteiger partial charge >= 0.3 is 0 Å². The first kappa shape index (κ1) is 20.6. The van der Waals surface area contributed by atoms with Crippen molar-refractivity contribution in [2.24, 2.45) is 0 Å². The lowest BCUT2D eigenvalue weighted by Crippen LogP contribution is -2.19. The molecule has 3 rings (SSSR count). The number of nitrogens with zero attached hydrogens (tertiary/aromatic N) is 3. The first-order valence-electron chi connectivity index (χ1n) is 8.01. The number of pyridine rings is 3. The number of rotatable bonds is 5. The molecule has 0 spiro atoms. The molecule has 0 radical (unpaired) electrons. The van der Waals surface area contributed by atoms with E-state index in [2.05, 4.69) is 25.9 Å². The van der Waals surface area contributed by atoms with Crippen LogP contribution in [0, 0.1) is 0 Å². The van der Waals surface area contributed by atoms with Crippen molar-refractivity contribution < 1.29 is 14.6 Å². The van der Waals surface area contributed by atoms with E-state index in [4.69, 9.17) is 14.6 Å². The average Bonchev–Trinajstić information content (AvgIpc) is 2.71. The standard InChI is InChI=1S/C12H11BrN2O2.C7H9NO2/c1-17-11-3-2-5-14-10(11)8-15-6-4-9(13)7-12(15)16;1-10-7-3-2-4-8-6(7)5-9/h2-7H,8H2,1H3;2-4,9H,5H2,1H3. The number of aliphatic hydroxyl groups is 1. The van der Waals surface area contributed by atoms with E-state index in [1.165, 1.54) is 6.07 Å². The van der Waals surface area contributed by atoms with Crippen LogP contribution in [-0.4, -0.2) is 33.9 Å². The Bertz CT molecular complexity index is 908. The van der Waals surface area contributed by atoms with Crippen LogP contribution in [0.1, 0.15) is 11.4 Å².